The number of aliphatic carboxylic acids is 2. The number of hydrogen-bond donors (Lipinski definition) is 5. The second kappa shape index (κ2) is 17.0. The first-order valence-corrected chi connectivity index (χ1v) is 15.2. The van der Waals surface area contributed by atoms with Gasteiger partial charge in [0.1, 0.15) is 11.9 Å². The van der Waals surface area contributed by atoms with Gasteiger partial charge in [-0.1, -0.05) is 60.7 Å². The molecule has 2 aromatic carbocycles. The fourth-order valence-electron chi connectivity index (χ4n) is 5.23. The van der Waals surface area contributed by atoms with Gasteiger partial charge in [-0.3, -0.25) is 9.59 Å². The minimum absolute atomic E-state index is 0.0237. The van der Waals surface area contributed by atoms with E-state index in [1.807, 2.05) is 19.1 Å². The molecule has 6 N–H and O–H groups in total. The number of aromatic nitrogens is 1. The molecule has 50 heavy (non-hydrogen) atoms. The van der Waals surface area contributed by atoms with Gasteiger partial charge in [-0.05, 0) is 67.0 Å². The van der Waals surface area contributed by atoms with E-state index in [0.29, 0.717) is 31.2 Å². The van der Waals surface area contributed by atoms with Crippen molar-refractivity contribution in [1.82, 2.24) is 20.5 Å². The van der Waals surface area contributed by atoms with E-state index in [1.165, 1.54) is 16.7 Å². The van der Waals surface area contributed by atoms with Crippen LogP contribution in [0.3, 0.4) is 0 Å². The Morgan fingerprint density at radius 2 is 1.50 bits per heavy atom. The van der Waals surface area contributed by atoms with Crippen molar-refractivity contribution in [2.45, 2.75) is 63.1 Å². The third-order valence-electron chi connectivity index (χ3n) is 7.93. The smallest absolute Gasteiger partial charge is 0.475 e. The lowest BCUT2D eigenvalue weighted by atomic mass is 9.84. The Morgan fingerprint density at radius 1 is 0.900 bits per heavy atom. The van der Waals surface area contributed by atoms with Crippen LogP contribution >= 0.6 is 0 Å². The van der Waals surface area contributed by atoms with Crippen LogP contribution < -0.4 is 16.4 Å². The molecule has 0 saturated carbocycles. The molecule has 270 valence electrons. The molecule has 5 rings (SSSR count). The van der Waals surface area contributed by atoms with Crippen molar-refractivity contribution in [1.29, 1.82) is 0 Å². The Hall–Kier alpha value is -5.19. The van der Waals surface area contributed by atoms with E-state index >= 15 is 0 Å². The average molecular weight is 712 g/mol. The normalized spacial score (nSPS) is 18.6. The Balaban J connectivity index is 0.000000408. The average Bonchev–Trinajstić information content (AvgIpc) is 3.04. The van der Waals surface area contributed by atoms with Gasteiger partial charge in [-0.2, -0.15) is 26.3 Å². The van der Waals surface area contributed by atoms with Gasteiger partial charge < -0.3 is 31.5 Å². The molecule has 2 aliphatic rings. The number of anilines is 1. The summed E-state index contributed by atoms with van der Waals surface area (Å²) in [5.41, 5.74) is 11.1. The second-order valence-corrected chi connectivity index (χ2v) is 11.4. The number of amides is 2. The monoisotopic (exact) mass is 711 g/mol. The number of halogens is 6. The van der Waals surface area contributed by atoms with Crippen LogP contribution in [0.5, 0.6) is 0 Å². The number of carboxylic acid groups (broad SMARTS) is 2. The van der Waals surface area contributed by atoms with Crippen molar-refractivity contribution < 1.29 is 55.7 Å². The molecule has 2 aliphatic heterocycles. The first-order valence-electron chi connectivity index (χ1n) is 15.2. The van der Waals surface area contributed by atoms with Crippen LogP contribution in [0.4, 0.5) is 32.2 Å². The summed E-state index contributed by atoms with van der Waals surface area (Å²) in [6.07, 6.45) is -7.76. The van der Waals surface area contributed by atoms with Gasteiger partial charge in [0.25, 0.3) is 0 Å². The molecule has 1 aromatic heterocycles. The number of nitrogens with one attached hydrogen (secondary N) is 2. The number of nitrogens with zero attached hydrogens (tertiary/aromatic N) is 2. The zero-order chi connectivity index (χ0) is 37.2. The van der Waals surface area contributed by atoms with Crippen LogP contribution in [0.2, 0.25) is 0 Å². The van der Waals surface area contributed by atoms with Crippen LogP contribution in [-0.2, 0) is 25.7 Å². The highest BCUT2D eigenvalue weighted by Gasteiger charge is 2.42. The standard InChI is InChI=1S/C29H33N5O2.2C2HF3O2/c1-19-24(10-11-27(30)33-19)18-32-28(35)26-13-15-34(26)29(36)25-17-23(12-14-31-25)22-9-5-8-21(16-22)20-6-3-2-4-7-20;2*3-2(4,5)1(6)7/h2-11,16,23,25-26,31H,12-15,17-18H2,1H3,(H2,30,33)(H,32,35);2*(H,6,7)/t23-,25+,26-;;/m0../s1. The van der Waals surface area contributed by atoms with Crippen LogP contribution in [-0.4, -0.2) is 81.4 Å². The number of carbonyl (C=O) groups excluding carboxylic acids is 2. The van der Waals surface area contributed by atoms with E-state index in [0.717, 1.165) is 30.6 Å². The topological polar surface area (TPSA) is 175 Å². The molecule has 2 fully saturated rings. The molecule has 2 saturated heterocycles. The third kappa shape index (κ3) is 11.2. The van der Waals surface area contributed by atoms with Gasteiger partial charge >= 0.3 is 24.3 Å². The zero-order valence-corrected chi connectivity index (χ0v) is 26.6. The molecule has 2 amide bonds. The number of alkyl halides is 6. The molecule has 17 heteroatoms. The highest BCUT2D eigenvalue weighted by atomic mass is 19.4. The largest absolute Gasteiger partial charge is 0.490 e. The molecule has 11 nitrogen and oxygen atoms in total. The molecule has 0 radical (unpaired) electrons. The van der Waals surface area contributed by atoms with Gasteiger partial charge in [0.05, 0.1) is 6.04 Å². The zero-order valence-electron chi connectivity index (χ0n) is 26.6. The Morgan fingerprint density at radius 3 is 2.04 bits per heavy atom. The van der Waals surface area contributed by atoms with Crippen molar-refractivity contribution in [2.75, 3.05) is 18.8 Å². The first-order chi connectivity index (χ1) is 23.4. The second-order valence-electron chi connectivity index (χ2n) is 11.4. The highest BCUT2D eigenvalue weighted by Crippen LogP contribution is 2.32. The molecule has 3 aromatic rings. The van der Waals surface area contributed by atoms with Gasteiger partial charge in [0.2, 0.25) is 11.8 Å². The fourth-order valence-corrected chi connectivity index (χ4v) is 5.23. The number of nitrogen functional groups attached to an aromatic ring is 1. The van der Waals surface area contributed by atoms with E-state index in [-0.39, 0.29) is 17.9 Å². The summed E-state index contributed by atoms with van der Waals surface area (Å²) in [5.74, 6) is -4.84. The number of benzene rings is 2. The van der Waals surface area contributed by atoms with Crippen molar-refractivity contribution in [2.24, 2.45) is 0 Å². The Bertz CT molecular complexity index is 1630. The summed E-state index contributed by atoms with van der Waals surface area (Å²) in [6.45, 7) is 3.65. The number of likely N-dealkylation sites (tertiary alicyclic amines) is 1. The summed E-state index contributed by atoms with van der Waals surface area (Å²) < 4.78 is 63.5. The van der Waals surface area contributed by atoms with Crippen LogP contribution in [0, 0.1) is 6.92 Å². The molecule has 3 heterocycles. The number of pyridine rings is 1. The number of piperidine rings is 1. The number of aryl methyl sites for hydroxylation is 1. The van der Waals surface area contributed by atoms with Gasteiger partial charge in [-0.25, -0.2) is 14.6 Å². The summed E-state index contributed by atoms with van der Waals surface area (Å²) >= 11 is 0. The maximum absolute atomic E-state index is 13.4. The van der Waals surface area contributed by atoms with Crippen LogP contribution in [0.15, 0.2) is 66.7 Å². The minimum atomic E-state index is -5.08. The van der Waals surface area contributed by atoms with Crippen molar-refractivity contribution in [3.05, 3.63) is 83.6 Å². The number of carboxylic acids is 2. The van der Waals surface area contributed by atoms with Crippen LogP contribution in [0.1, 0.15) is 42.0 Å². The fraction of sp³-hybridized carbons (Fsp3) is 0.364. The third-order valence-corrected chi connectivity index (χ3v) is 7.93. The molecule has 3 atom stereocenters. The van der Waals surface area contributed by atoms with Crippen molar-refractivity contribution in [3.63, 3.8) is 0 Å². The predicted molar refractivity (Wildman–Crippen MR) is 168 cm³/mol. The lowest BCUT2D eigenvalue weighted by Crippen LogP contribution is -2.62. The SMILES string of the molecule is Cc1nc(N)ccc1CNC(=O)[C@@H]1CCN1C(=O)[C@H]1C[C@@H](c2cccc(-c3ccccc3)c2)CCN1.O=C(O)C(F)(F)F.O=C(O)C(F)(F)F. The highest BCUT2D eigenvalue weighted by molar-refractivity contribution is 5.91. The minimum Gasteiger partial charge on any atom is -0.475 e. The number of nitrogens with two attached hydrogens (primary N) is 1. The van der Waals surface area contributed by atoms with E-state index in [1.54, 1.807) is 11.0 Å². The molecule has 0 spiro atoms. The molecule has 0 unspecified atom stereocenters. The summed E-state index contributed by atoms with van der Waals surface area (Å²) in [5, 5.41) is 20.6. The Kier molecular flexibility index (Phi) is 13.3. The number of rotatable bonds is 6. The lowest BCUT2D eigenvalue weighted by molar-refractivity contribution is -0.193. The van der Waals surface area contributed by atoms with Gasteiger partial charge in [-0.15, -0.1) is 0 Å². The van der Waals surface area contributed by atoms with Crippen molar-refractivity contribution in [3.8, 4) is 11.1 Å². The molecular formula is C33H35F6N5O6. The van der Waals surface area contributed by atoms with E-state index < -0.39 is 30.3 Å². The number of hydrogen-bond acceptors (Lipinski definition) is 7. The number of carbonyl (C=O) groups is 4. The van der Waals surface area contributed by atoms with Crippen molar-refractivity contribution >= 4 is 29.6 Å². The summed E-state index contributed by atoms with van der Waals surface area (Å²) in [7, 11) is 0. The summed E-state index contributed by atoms with van der Waals surface area (Å²) in [6, 6.07) is 21.9. The summed E-state index contributed by atoms with van der Waals surface area (Å²) in [4.78, 5) is 50.0. The quantitative estimate of drug-likeness (QED) is 0.228. The lowest BCUT2D eigenvalue weighted by Gasteiger charge is -2.43. The van der Waals surface area contributed by atoms with Crippen LogP contribution in [0.25, 0.3) is 11.1 Å². The van der Waals surface area contributed by atoms with E-state index in [4.69, 9.17) is 25.5 Å². The first kappa shape index (κ1) is 39.3. The molecule has 0 aliphatic carbocycles. The van der Waals surface area contributed by atoms with E-state index in [9.17, 15) is 35.9 Å². The molecular weight excluding hydrogens is 676 g/mol. The maximum atomic E-state index is 13.4. The predicted octanol–water partition coefficient (Wildman–Crippen LogP) is 4.66. The maximum Gasteiger partial charge on any atom is 0.490 e. The van der Waals surface area contributed by atoms with Gasteiger partial charge in [0, 0.05) is 18.8 Å². The molecule has 0 bridgehead atoms. The Labute approximate surface area is 282 Å². The van der Waals surface area contributed by atoms with E-state index in [2.05, 4.69) is 64.1 Å². The van der Waals surface area contributed by atoms with Gasteiger partial charge in [0.15, 0.2) is 0 Å².